The molecule has 0 aromatic heterocycles. The Balaban J connectivity index is 1.85. The van der Waals surface area contributed by atoms with Gasteiger partial charge in [0, 0.05) is 17.4 Å². The van der Waals surface area contributed by atoms with Crippen LogP contribution in [0.4, 0.5) is 0 Å². The molecule has 0 unspecified atom stereocenters. The monoisotopic (exact) mass is 325 g/mol. The van der Waals surface area contributed by atoms with E-state index in [0.717, 1.165) is 36.9 Å². The van der Waals surface area contributed by atoms with Crippen LogP contribution in [0.5, 0.6) is 0 Å². The van der Waals surface area contributed by atoms with Gasteiger partial charge in [0.05, 0.1) is 0 Å². The van der Waals surface area contributed by atoms with E-state index in [1.807, 2.05) is 0 Å². The number of aliphatic carboxylic acids is 1. The van der Waals surface area contributed by atoms with Crippen LogP contribution in [0.3, 0.4) is 0 Å². The van der Waals surface area contributed by atoms with Gasteiger partial charge in [-0.1, -0.05) is 28.1 Å². The lowest BCUT2D eigenvalue weighted by atomic mass is 9.93. The smallest absolute Gasteiger partial charge is 0.303 e. The summed E-state index contributed by atoms with van der Waals surface area (Å²) >= 11 is 3.52. The number of likely N-dealkylation sites (tertiary alicyclic amines) is 1. The lowest BCUT2D eigenvalue weighted by molar-refractivity contribution is -0.138. The number of hydrogen-bond acceptors (Lipinski definition) is 2. The molecule has 104 valence electrons. The largest absolute Gasteiger partial charge is 0.481 e. The Hall–Kier alpha value is -0.870. The quantitative estimate of drug-likeness (QED) is 0.921. The van der Waals surface area contributed by atoms with Crippen molar-refractivity contribution in [2.24, 2.45) is 5.92 Å². The van der Waals surface area contributed by atoms with Gasteiger partial charge in [0.1, 0.15) is 0 Å². The van der Waals surface area contributed by atoms with E-state index in [0.29, 0.717) is 12.3 Å². The molecule has 1 saturated heterocycles. The Labute approximate surface area is 122 Å². The van der Waals surface area contributed by atoms with E-state index in [4.69, 9.17) is 5.11 Å². The summed E-state index contributed by atoms with van der Waals surface area (Å²) in [6.07, 6.45) is 2.33. The molecule has 1 aliphatic rings. The Morgan fingerprint density at radius 3 is 2.68 bits per heavy atom. The van der Waals surface area contributed by atoms with Crippen LogP contribution in [0.25, 0.3) is 0 Å². The minimum absolute atomic E-state index is 0.325. The third kappa shape index (κ3) is 4.32. The van der Waals surface area contributed by atoms with Crippen molar-refractivity contribution in [1.29, 1.82) is 0 Å². The Morgan fingerprint density at radius 1 is 1.42 bits per heavy atom. The minimum Gasteiger partial charge on any atom is -0.481 e. The van der Waals surface area contributed by atoms with Crippen LogP contribution >= 0.6 is 15.9 Å². The topological polar surface area (TPSA) is 40.5 Å². The van der Waals surface area contributed by atoms with E-state index >= 15 is 0 Å². The zero-order chi connectivity index (χ0) is 13.8. The van der Waals surface area contributed by atoms with Crippen molar-refractivity contribution in [3.05, 3.63) is 33.8 Å². The first-order valence-electron chi connectivity index (χ1n) is 6.74. The molecular formula is C15H20BrNO2. The molecule has 19 heavy (non-hydrogen) atoms. The summed E-state index contributed by atoms with van der Waals surface area (Å²) < 4.78 is 1.15. The van der Waals surface area contributed by atoms with Gasteiger partial charge < -0.3 is 5.11 Å². The zero-order valence-corrected chi connectivity index (χ0v) is 12.8. The summed E-state index contributed by atoms with van der Waals surface area (Å²) in [5, 5.41) is 8.81. The highest BCUT2D eigenvalue weighted by molar-refractivity contribution is 9.10. The third-order valence-corrected chi connectivity index (χ3v) is 4.69. The molecule has 1 fully saturated rings. The maximum Gasteiger partial charge on any atom is 0.303 e. The van der Waals surface area contributed by atoms with Crippen LogP contribution in [0.1, 0.15) is 30.4 Å². The van der Waals surface area contributed by atoms with Crippen LogP contribution in [0.15, 0.2) is 22.7 Å². The zero-order valence-electron chi connectivity index (χ0n) is 11.2. The molecule has 0 amide bonds. The van der Waals surface area contributed by atoms with Gasteiger partial charge in [0.25, 0.3) is 0 Å². The van der Waals surface area contributed by atoms with Crippen LogP contribution in [0.2, 0.25) is 0 Å². The highest BCUT2D eigenvalue weighted by Gasteiger charge is 2.21. The summed E-state index contributed by atoms with van der Waals surface area (Å²) in [5.74, 6) is -0.303. The molecular weight excluding hydrogens is 306 g/mol. The number of benzene rings is 1. The predicted molar refractivity (Wildman–Crippen MR) is 79.1 cm³/mol. The molecule has 1 aliphatic heterocycles. The van der Waals surface area contributed by atoms with E-state index in [2.05, 4.69) is 46.0 Å². The minimum atomic E-state index is -0.665. The maximum atomic E-state index is 10.7. The number of carboxylic acids is 1. The van der Waals surface area contributed by atoms with Crippen LogP contribution in [-0.4, -0.2) is 29.1 Å². The standard InChI is InChI=1S/C15H20BrNO2/c1-11-8-13(2-3-14(11)16)10-17-6-4-12(5-7-17)9-15(18)19/h2-3,8,12H,4-7,9-10H2,1H3,(H,18,19). The number of rotatable bonds is 4. The van der Waals surface area contributed by atoms with Crippen molar-refractivity contribution in [2.75, 3.05) is 13.1 Å². The fourth-order valence-electron chi connectivity index (χ4n) is 2.66. The lowest BCUT2D eigenvalue weighted by Gasteiger charge is -2.31. The number of halogens is 1. The summed E-state index contributed by atoms with van der Waals surface area (Å²) in [6, 6.07) is 6.47. The van der Waals surface area contributed by atoms with Gasteiger partial charge >= 0.3 is 5.97 Å². The van der Waals surface area contributed by atoms with E-state index in [9.17, 15) is 4.79 Å². The third-order valence-electron chi connectivity index (χ3n) is 3.80. The van der Waals surface area contributed by atoms with Crippen molar-refractivity contribution >= 4 is 21.9 Å². The van der Waals surface area contributed by atoms with Crippen molar-refractivity contribution in [3.8, 4) is 0 Å². The summed E-state index contributed by atoms with van der Waals surface area (Å²) in [7, 11) is 0. The van der Waals surface area contributed by atoms with Gasteiger partial charge in [-0.25, -0.2) is 0 Å². The number of hydrogen-bond donors (Lipinski definition) is 1. The molecule has 0 bridgehead atoms. The molecule has 1 heterocycles. The van der Waals surface area contributed by atoms with Crippen LogP contribution in [0, 0.1) is 12.8 Å². The average Bonchev–Trinajstić information content (AvgIpc) is 2.36. The second-order valence-corrected chi connectivity index (χ2v) is 6.26. The van der Waals surface area contributed by atoms with E-state index in [-0.39, 0.29) is 0 Å². The number of aryl methyl sites for hydroxylation is 1. The van der Waals surface area contributed by atoms with Crippen LogP contribution in [-0.2, 0) is 11.3 Å². The van der Waals surface area contributed by atoms with Gasteiger partial charge in [-0.3, -0.25) is 9.69 Å². The fraction of sp³-hybridized carbons (Fsp3) is 0.533. The lowest BCUT2D eigenvalue weighted by Crippen LogP contribution is -2.33. The molecule has 3 nitrogen and oxygen atoms in total. The molecule has 0 saturated carbocycles. The SMILES string of the molecule is Cc1cc(CN2CCC(CC(=O)O)CC2)ccc1Br. The van der Waals surface area contributed by atoms with Gasteiger partial charge in [0.2, 0.25) is 0 Å². The predicted octanol–water partition coefficient (Wildman–Crippen LogP) is 3.44. The van der Waals surface area contributed by atoms with Crippen molar-refractivity contribution in [3.63, 3.8) is 0 Å². The highest BCUT2D eigenvalue weighted by Crippen LogP contribution is 2.23. The Kier molecular flexibility index (Phi) is 4.99. The molecule has 0 spiro atoms. The molecule has 2 rings (SSSR count). The number of carbonyl (C=O) groups is 1. The van der Waals surface area contributed by atoms with E-state index in [1.165, 1.54) is 11.1 Å². The van der Waals surface area contributed by atoms with Crippen molar-refractivity contribution < 1.29 is 9.90 Å². The molecule has 1 aromatic rings. The fourth-order valence-corrected chi connectivity index (χ4v) is 2.91. The molecule has 0 atom stereocenters. The van der Waals surface area contributed by atoms with Gasteiger partial charge in [-0.2, -0.15) is 0 Å². The van der Waals surface area contributed by atoms with E-state index in [1.54, 1.807) is 0 Å². The summed E-state index contributed by atoms with van der Waals surface area (Å²) in [6.45, 7) is 5.08. The maximum absolute atomic E-state index is 10.7. The Morgan fingerprint density at radius 2 is 2.11 bits per heavy atom. The number of nitrogens with zero attached hydrogens (tertiary/aromatic N) is 1. The number of piperidine rings is 1. The molecule has 0 radical (unpaired) electrons. The van der Waals surface area contributed by atoms with Crippen molar-refractivity contribution in [2.45, 2.75) is 32.7 Å². The molecule has 1 N–H and O–H groups in total. The Bertz CT molecular complexity index is 453. The highest BCUT2D eigenvalue weighted by atomic mass is 79.9. The first-order chi connectivity index (χ1) is 9.04. The summed E-state index contributed by atoms with van der Waals surface area (Å²) in [4.78, 5) is 13.1. The average molecular weight is 326 g/mol. The van der Waals surface area contributed by atoms with E-state index < -0.39 is 5.97 Å². The van der Waals surface area contributed by atoms with Gasteiger partial charge in [0.15, 0.2) is 0 Å². The van der Waals surface area contributed by atoms with Crippen molar-refractivity contribution in [1.82, 2.24) is 4.90 Å². The second kappa shape index (κ2) is 6.53. The number of carboxylic acid groups (broad SMARTS) is 1. The summed E-state index contributed by atoms with van der Waals surface area (Å²) in [5.41, 5.74) is 2.59. The second-order valence-electron chi connectivity index (χ2n) is 5.40. The molecule has 1 aromatic carbocycles. The molecule has 4 heteroatoms. The first kappa shape index (κ1) is 14.5. The first-order valence-corrected chi connectivity index (χ1v) is 7.53. The van der Waals surface area contributed by atoms with Crippen LogP contribution < -0.4 is 0 Å². The van der Waals surface area contributed by atoms with Gasteiger partial charge in [-0.05, 0) is 56.0 Å². The molecule has 0 aliphatic carbocycles. The van der Waals surface area contributed by atoms with Gasteiger partial charge in [-0.15, -0.1) is 0 Å². The normalized spacial score (nSPS) is 17.6.